The van der Waals surface area contributed by atoms with E-state index in [-0.39, 0.29) is 31.0 Å². The van der Waals surface area contributed by atoms with Crippen molar-refractivity contribution in [2.24, 2.45) is 5.92 Å². The zero-order valence-electron chi connectivity index (χ0n) is 18.3. The molecule has 1 aliphatic heterocycles. The molecular formula is C21H32F3N5O2. The van der Waals surface area contributed by atoms with Crippen LogP contribution >= 0.6 is 0 Å². The zero-order chi connectivity index (χ0) is 22.6. The van der Waals surface area contributed by atoms with E-state index in [9.17, 15) is 18.0 Å². The SMILES string of the molecule is CC(C)(C)OC(=O)NC1CCC(Nc2cnc(N3CCC(C(F)(F)F)CC3)nc2)CC1. The van der Waals surface area contributed by atoms with Crippen LogP contribution in [0.3, 0.4) is 0 Å². The second kappa shape index (κ2) is 9.48. The summed E-state index contributed by atoms with van der Waals surface area (Å²) in [7, 11) is 0. The van der Waals surface area contributed by atoms with E-state index in [4.69, 9.17) is 4.74 Å². The fraction of sp³-hybridized carbons (Fsp3) is 0.762. The minimum absolute atomic E-state index is 0.0768. The molecule has 2 heterocycles. The van der Waals surface area contributed by atoms with Crippen molar-refractivity contribution in [1.82, 2.24) is 15.3 Å². The average molecular weight is 444 g/mol. The summed E-state index contributed by atoms with van der Waals surface area (Å²) < 4.78 is 43.7. The number of halogens is 3. The quantitative estimate of drug-likeness (QED) is 0.713. The summed E-state index contributed by atoms with van der Waals surface area (Å²) in [6.07, 6.45) is 2.51. The van der Waals surface area contributed by atoms with Crippen LogP contribution in [0.25, 0.3) is 0 Å². The number of alkyl carbamates (subject to hydrolysis) is 1. The number of rotatable bonds is 4. The van der Waals surface area contributed by atoms with E-state index in [0.717, 1.165) is 31.4 Å². The average Bonchev–Trinajstić information content (AvgIpc) is 2.68. The molecule has 0 spiro atoms. The molecule has 2 fully saturated rings. The highest BCUT2D eigenvalue weighted by molar-refractivity contribution is 5.68. The van der Waals surface area contributed by atoms with Crippen molar-refractivity contribution >= 4 is 17.7 Å². The number of amides is 1. The van der Waals surface area contributed by atoms with E-state index in [2.05, 4.69) is 20.6 Å². The number of ether oxygens (including phenoxy) is 1. The molecular weight excluding hydrogens is 411 g/mol. The number of nitrogens with one attached hydrogen (secondary N) is 2. The molecule has 0 aromatic carbocycles. The van der Waals surface area contributed by atoms with Gasteiger partial charge in [0.2, 0.25) is 5.95 Å². The second-order valence-corrected chi connectivity index (χ2v) is 9.41. The first-order valence-corrected chi connectivity index (χ1v) is 10.9. The van der Waals surface area contributed by atoms with Crippen LogP contribution in [0, 0.1) is 5.92 Å². The highest BCUT2D eigenvalue weighted by atomic mass is 19.4. The third-order valence-electron chi connectivity index (χ3n) is 5.70. The first kappa shape index (κ1) is 23.4. The number of carbonyl (C=O) groups excluding carboxylic acids is 1. The van der Waals surface area contributed by atoms with Gasteiger partial charge in [0.15, 0.2) is 0 Å². The Bertz CT molecular complexity index is 720. The van der Waals surface area contributed by atoms with Crippen LogP contribution in [-0.2, 0) is 4.74 Å². The number of hydrogen-bond acceptors (Lipinski definition) is 6. The minimum Gasteiger partial charge on any atom is -0.444 e. The maximum Gasteiger partial charge on any atom is 0.407 e. The van der Waals surface area contributed by atoms with Crippen LogP contribution < -0.4 is 15.5 Å². The van der Waals surface area contributed by atoms with Gasteiger partial charge >= 0.3 is 12.3 Å². The number of nitrogens with zero attached hydrogens (tertiary/aromatic N) is 3. The van der Waals surface area contributed by atoms with Gasteiger partial charge in [-0.1, -0.05) is 0 Å². The van der Waals surface area contributed by atoms with E-state index < -0.39 is 17.7 Å². The molecule has 0 unspecified atom stereocenters. The number of carbonyl (C=O) groups is 1. The highest BCUT2D eigenvalue weighted by Gasteiger charge is 2.41. The van der Waals surface area contributed by atoms with Crippen molar-refractivity contribution in [3.05, 3.63) is 12.4 Å². The van der Waals surface area contributed by atoms with Gasteiger partial charge in [-0.25, -0.2) is 14.8 Å². The Morgan fingerprint density at radius 3 is 2.06 bits per heavy atom. The molecule has 0 radical (unpaired) electrons. The maximum absolute atomic E-state index is 12.8. The van der Waals surface area contributed by atoms with Crippen LogP contribution in [0.1, 0.15) is 59.3 Å². The maximum atomic E-state index is 12.8. The van der Waals surface area contributed by atoms with Crippen molar-refractivity contribution in [3.8, 4) is 0 Å². The molecule has 1 aromatic heterocycles. The van der Waals surface area contributed by atoms with Crippen LogP contribution in [0.2, 0.25) is 0 Å². The summed E-state index contributed by atoms with van der Waals surface area (Å²) in [5, 5.41) is 6.34. The molecule has 10 heteroatoms. The van der Waals surface area contributed by atoms with Gasteiger partial charge in [-0.2, -0.15) is 13.2 Å². The Kier molecular flexibility index (Phi) is 7.16. The van der Waals surface area contributed by atoms with Crippen molar-refractivity contribution in [1.29, 1.82) is 0 Å². The molecule has 1 saturated carbocycles. The van der Waals surface area contributed by atoms with Crippen molar-refractivity contribution < 1.29 is 22.7 Å². The van der Waals surface area contributed by atoms with Gasteiger partial charge in [0.1, 0.15) is 5.60 Å². The van der Waals surface area contributed by atoms with Gasteiger partial charge in [0.05, 0.1) is 24.0 Å². The van der Waals surface area contributed by atoms with Crippen LogP contribution in [-0.4, -0.2) is 53.0 Å². The van der Waals surface area contributed by atoms with E-state index in [1.165, 1.54) is 0 Å². The number of anilines is 2. The van der Waals surface area contributed by atoms with Gasteiger partial charge < -0.3 is 20.3 Å². The lowest BCUT2D eigenvalue weighted by Gasteiger charge is -2.33. The first-order chi connectivity index (χ1) is 14.5. The predicted octanol–water partition coefficient (Wildman–Crippen LogP) is 4.50. The second-order valence-electron chi connectivity index (χ2n) is 9.41. The lowest BCUT2D eigenvalue weighted by atomic mass is 9.91. The number of alkyl halides is 3. The molecule has 1 aliphatic carbocycles. The molecule has 174 valence electrons. The Morgan fingerprint density at radius 2 is 1.55 bits per heavy atom. The summed E-state index contributed by atoms with van der Waals surface area (Å²) in [4.78, 5) is 22.4. The van der Waals surface area contributed by atoms with Gasteiger partial charge in [-0.15, -0.1) is 0 Å². The summed E-state index contributed by atoms with van der Waals surface area (Å²) >= 11 is 0. The fourth-order valence-corrected chi connectivity index (χ4v) is 4.06. The summed E-state index contributed by atoms with van der Waals surface area (Å²) in [6.45, 7) is 6.14. The molecule has 0 bridgehead atoms. The number of aromatic nitrogens is 2. The number of piperidine rings is 1. The third-order valence-corrected chi connectivity index (χ3v) is 5.70. The highest BCUT2D eigenvalue weighted by Crippen LogP contribution is 2.34. The molecule has 2 aliphatic rings. The Morgan fingerprint density at radius 1 is 1.00 bits per heavy atom. The zero-order valence-corrected chi connectivity index (χ0v) is 18.3. The lowest BCUT2D eigenvalue weighted by Crippen LogP contribution is -2.42. The van der Waals surface area contributed by atoms with E-state index in [1.54, 1.807) is 17.3 Å². The van der Waals surface area contributed by atoms with Crippen LogP contribution in [0.4, 0.5) is 29.6 Å². The fourth-order valence-electron chi connectivity index (χ4n) is 4.06. The van der Waals surface area contributed by atoms with E-state index in [0.29, 0.717) is 19.0 Å². The van der Waals surface area contributed by atoms with Crippen molar-refractivity contribution in [3.63, 3.8) is 0 Å². The molecule has 1 amide bonds. The van der Waals surface area contributed by atoms with E-state index >= 15 is 0 Å². The third kappa shape index (κ3) is 7.14. The smallest absolute Gasteiger partial charge is 0.407 e. The molecule has 2 N–H and O–H groups in total. The summed E-state index contributed by atoms with van der Waals surface area (Å²) in [5.41, 5.74) is 0.279. The largest absolute Gasteiger partial charge is 0.444 e. The molecule has 1 aromatic rings. The predicted molar refractivity (Wildman–Crippen MR) is 112 cm³/mol. The molecule has 7 nitrogen and oxygen atoms in total. The van der Waals surface area contributed by atoms with E-state index in [1.807, 2.05) is 20.8 Å². The Labute approximate surface area is 181 Å². The normalized spacial score (nSPS) is 23.4. The number of hydrogen-bond donors (Lipinski definition) is 2. The summed E-state index contributed by atoms with van der Waals surface area (Å²) in [5.74, 6) is -0.763. The van der Waals surface area contributed by atoms with Gasteiger partial charge in [-0.05, 0) is 59.3 Å². The lowest BCUT2D eigenvalue weighted by molar-refractivity contribution is -0.179. The molecule has 0 atom stereocenters. The molecule has 1 saturated heterocycles. The standard InChI is InChI=1S/C21H32F3N5O2/c1-20(2,3)31-19(30)28-16-6-4-15(5-7-16)27-17-12-25-18(26-13-17)29-10-8-14(9-11-29)21(22,23)24/h12-16,27H,4-11H2,1-3H3,(H,28,30). The monoisotopic (exact) mass is 443 g/mol. The molecule has 3 rings (SSSR count). The van der Waals surface area contributed by atoms with Crippen LogP contribution in [0.5, 0.6) is 0 Å². The summed E-state index contributed by atoms with van der Waals surface area (Å²) in [6, 6.07) is 0.361. The van der Waals surface area contributed by atoms with Gasteiger partial charge in [-0.3, -0.25) is 0 Å². The van der Waals surface area contributed by atoms with Gasteiger partial charge in [0.25, 0.3) is 0 Å². The molecule has 31 heavy (non-hydrogen) atoms. The first-order valence-electron chi connectivity index (χ1n) is 10.9. The Balaban J connectivity index is 1.42. The minimum atomic E-state index is -4.12. The topological polar surface area (TPSA) is 79.4 Å². The van der Waals surface area contributed by atoms with Gasteiger partial charge in [0, 0.05) is 25.2 Å². The van der Waals surface area contributed by atoms with Crippen molar-refractivity contribution in [2.75, 3.05) is 23.3 Å². The van der Waals surface area contributed by atoms with Crippen LogP contribution in [0.15, 0.2) is 12.4 Å². The van der Waals surface area contributed by atoms with Crippen molar-refractivity contribution in [2.45, 2.75) is 83.2 Å². The Hall–Kier alpha value is -2.26.